The first-order valence-electron chi connectivity index (χ1n) is 6.57. The van der Waals surface area contributed by atoms with Crippen LogP contribution in [0.2, 0.25) is 0 Å². The lowest BCUT2D eigenvalue weighted by Gasteiger charge is -2.19. The van der Waals surface area contributed by atoms with Gasteiger partial charge in [-0.2, -0.15) is 5.10 Å². The molecular formula is C14H21N5. The zero-order valence-corrected chi connectivity index (χ0v) is 11.8. The lowest BCUT2D eigenvalue weighted by Crippen LogP contribution is -2.16. The van der Waals surface area contributed by atoms with Crippen molar-refractivity contribution >= 4 is 11.5 Å². The molecule has 0 aliphatic rings. The third kappa shape index (κ3) is 3.71. The molecule has 0 saturated heterocycles. The molecule has 0 radical (unpaired) electrons. The van der Waals surface area contributed by atoms with Gasteiger partial charge in [-0.05, 0) is 12.5 Å². The molecule has 0 aliphatic heterocycles. The number of hydrogen-bond donors (Lipinski definition) is 1. The van der Waals surface area contributed by atoms with Crippen molar-refractivity contribution in [2.45, 2.75) is 19.9 Å². The van der Waals surface area contributed by atoms with Crippen molar-refractivity contribution in [3.63, 3.8) is 0 Å². The smallest absolute Gasteiger partial charge is 0.127 e. The van der Waals surface area contributed by atoms with Gasteiger partial charge >= 0.3 is 0 Å². The molecule has 2 rings (SSSR count). The molecule has 19 heavy (non-hydrogen) atoms. The minimum atomic E-state index is 0.838. The average molecular weight is 259 g/mol. The fourth-order valence-corrected chi connectivity index (χ4v) is 1.93. The van der Waals surface area contributed by atoms with Crippen molar-refractivity contribution in [1.82, 2.24) is 14.8 Å². The minimum Gasteiger partial charge on any atom is -0.370 e. The van der Waals surface area contributed by atoms with E-state index in [2.05, 4.69) is 40.3 Å². The Morgan fingerprint density at radius 3 is 2.95 bits per heavy atom. The maximum Gasteiger partial charge on any atom is 0.127 e. The number of hydrogen-bond acceptors (Lipinski definition) is 4. The van der Waals surface area contributed by atoms with Crippen molar-refractivity contribution in [2.24, 2.45) is 7.05 Å². The fraction of sp³-hybridized carbons (Fsp3) is 0.429. The van der Waals surface area contributed by atoms with Gasteiger partial charge in [0.25, 0.3) is 0 Å². The van der Waals surface area contributed by atoms with Crippen LogP contribution in [0.15, 0.2) is 30.7 Å². The first-order chi connectivity index (χ1) is 9.19. The van der Waals surface area contributed by atoms with Crippen LogP contribution < -0.4 is 10.2 Å². The second kappa shape index (κ2) is 6.22. The fourth-order valence-electron chi connectivity index (χ4n) is 1.93. The molecule has 2 heterocycles. The topological polar surface area (TPSA) is 46.0 Å². The Labute approximate surface area is 114 Å². The second-order valence-electron chi connectivity index (χ2n) is 4.70. The highest BCUT2D eigenvalue weighted by Gasteiger charge is 2.05. The van der Waals surface area contributed by atoms with E-state index in [4.69, 9.17) is 0 Å². The molecule has 0 aromatic carbocycles. The van der Waals surface area contributed by atoms with Crippen LogP contribution in [0.1, 0.15) is 18.9 Å². The summed E-state index contributed by atoms with van der Waals surface area (Å²) in [6.45, 7) is 3.93. The molecule has 0 amide bonds. The first kappa shape index (κ1) is 13.4. The summed E-state index contributed by atoms with van der Waals surface area (Å²) in [5, 5.41) is 7.49. The zero-order chi connectivity index (χ0) is 13.7. The number of pyridine rings is 1. The molecule has 0 bridgehead atoms. The predicted molar refractivity (Wildman–Crippen MR) is 78.3 cm³/mol. The molecule has 1 N–H and O–H groups in total. The monoisotopic (exact) mass is 259 g/mol. The summed E-state index contributed by atoms with van der Waals surface area (Å²) in [7, 11) is 4.01. The van der Waals surface area contributed by atoms with E-state index in [1.807, 2.05) is 36.4 Å². The second-order valence-corrected chi connectivity index (χ2v) is 4.70. The molecule has 0 saturated carbocycles. The normalized spacial score (nSPS) is 10.5. The van der Waals surface area contributed by atoms with Gasteiger partial charge in [-0.25, -0.2) is 4.98 Å². The summed E-state index contributed by atoms with van der Waals surface area (Å²) in [5.74, 6) is 0.928. The number of rotatable bonds is 6. The predicted octanol–water partition coefficient (Wildman–Crippen LogP) is 2.27. The van der Waals surface area contributed by atoms with Crippen molar-refractivity contribution in [3.05, 3.63) is 36.3 Å². The highest BCUT2D eigenvalue weighted by Crippen LogP contribution is 2.17. The number of nitrogens with one attached hydrogen (secondary N) is 1. The van der Waals surface area contributed by atoms with E-state index in [1.54, 1.807) is 0 Å². The number of aromatic nitrogens is 3. The number of aryl methyl sites for hydroxylation is 1. The number of anilines is 2. The lowest BCUT2D eigenvalue weighted by molar-refractivity contribution is 0.766. The zero-order valence-electron chi connectivity index (χ0n) is 11.8. The summed E-state index contributed by atoms with van der Waals surface area (Å²) < 4.78 is 1.82. The standard InChI is InChI=1S/C14H21N5/c1-4-6-15-14-8-13(5-7-16-14)18(2)10-12-9-17-19(3)11-12/h5,7-9,11H,4,6,10H2,1-3H3,(H,15,16). The molecule has 102 valence electrons. The van der Waals surface area contributed by atoms with E-state index >= 15 is 0 Å². The van der Waals surface area contributed by atoms with Gasteiger partial charge in [-0.3, -0.25) is 4.68 Å². The molecule has 2 aromatic heterocycles. The molecule has 2 aromatic rings. The van der Waals surface area contributed by atoms with Gasteiger partial charge < -0.3 is 10.2 Å². The van der Waals surface area contributed by atoms with Crippen molar-refractivity contribution in [1.29, 1.82) is 0 Å². The van der Waals surface area contributed by atoms with Crippen LogP contribution in [0.25, 0.3) is 0 Å². The highest BCUT2D eigenvalue weighted by molar-refractivity contribution is 5.53. The van der Waals surface area contributed by atoms with Gasteiger partial charge in [0.1, 0.15) is 5.82 Å². The summed E-state index contributed by atoms with van der Waals surface area (Å²) in [6, 6.07) is 4.10. The van der Waals surface area contributed by atoms with E-state index in [0.717, 1.165) is 31.0 Å². The summed E-state index contributed by atoms with van der Waals surface area (Å²) in [6.07, 6.45) is 6.87. The van der Waals surface area contributed by atoms with Crippen LogP contribution in [0.3, 0.4) is 0 Å². The molecular weight excluding hydrogens is 238 g/mol. The minimum absolute atomic E-state index is 0.838. The largest absolute Gasteiger partial charge is 0.370 e. The van der Waals surface area contributed by atoms with Gasteiger partial charge in [-0.1, -0.05) is 6.92 Å². The maximum absolute atomic E-state index is 4.32. The molecule has 0 spiro atoms. The Bertz CT molecular complexity index is 520. The molecule has 5 heteroatoms. The quantitative estimate of drug-likeness (QED) is 0.864. The summed E-state index contributed by atoms with van der Waals surface area (Å²) in [4.78, 5) is 6.51. The molecule has 0 aliphatic carbocycles. The molecule has 5 nitrogen and oxygen atoms in total. The highest BCUT2D eigenvalue weighted by atomic mass is 15.2. The van der Waals surface area contributed by atoms with E-state index < -0.39 is 0 Å². The number of nitrogens with zero attached hydrogens (tertiary/aromatic N) is 4. The summed E-state index contributed by atoms with van der Waals surface area (Å²) in [5.41, 5.74) is 2.35. The Hall–Kier alpha value is -2.04. The van der Waals surface area contributed by atoms with Crippen LogP contribution in [0.5, 0.6) is 0 Å². The Kier molecular flexibility index (Phi) is 4.39. The van der Waals surface area contributed by atoms with Crippen molar-refractivity contribution in [2.75, 3.05) is 23.8 Å². The van der Waals surface area contributed by atoms with Crippen molar-refractivity contribution in [3.8, 4) is 0 Å². The third-order valence-electron chi connectivity index (χ3n) is 2.92. The Morgan fingerprint density at radius 2 is 2.26 bits per heavy atom. The van der Waals surface area contributed by atoms with Gasteiger partial charge in [0.05, 0.1) is 6.20 Å². The summed E-state index contributed by atoms with van der Waals surface area (Å²) >= 11 is 0. The first-order valence-corrected chi connectivity index (χ1v) is 6.57. The molecule has 0 unspecified atom stereocenters. The van der Waals surface area contributed by atoms with Crippen LogP contribution >= 0.6 is 0 Å². The van der Waals surface area contributed by atoms with E-state index in [-0.39, 0.29) is 0 Å². The molecule has 0 fully saturated rings. The maximum atomic E-state index is 4.32. The van der Waals surface area contributed by atoms with Crippen LogP contribution in [0, 0.1) is 0 Å². The SMILES string of the molecule is CCCNc1cc(N(C)Cc2cnn(C)c2)ccn1. The van der Waals surface area contributed by atoms with Gasteiger partial charge in [0, 0.05) is 56.9 Å². The van der Waals surface area contributed by atoms with Gasteiger partial charge in [-0.15, -0.1) is 0 Å². The van der Waals surface area contributed by atoms with Gasteiger partial charge in [0.2, 0.25) is 0 Å². The van der Waals surface area contributed by atoms with E-state index in [0.29, 0.717) is 0 Å². The van der Waals surface area contributed by atoms with Crippen LogP contribution in [-0.2, 0) is 13.6 Å². The Morgan fingerprint density at radius 1 is 1.42 bits per heavy atom. The van der Waals surface area contributed by atoms with Gasteiger partial charge in [0.15, 0.2) is 0 Å². The molecule has 0 atom stereocenters. The van der Waals surface area contributed by atoms with Crippen molar-refractivity contribution < 1.29 is 0 Å². The lowest BCUT2D eigenvalue weighted by atomic mass is 10.3. The van der Waals surface area contributed by atoms with E-state index in [9.17, 15) is 0 Å². The third-order valence-corrected chi connectivity index (χ3v) is 2.92. The van der Waals surface area contributed by atoms with Crippen LogP contribution in [0.4, 0.5) is 11.5 Å². The average Bonchev–Trinajstić information content (AvgIpc) is 2.82. The van der Waals surface area contributed by atoms with Crippen LogP contribution in [-0.4, -0.2) is 28.4 Å². The van der Waals surface area contributed by atoms with E-state index in [1.165, 1.54) is 5.56 Å². The Balaban J connectivity index is 2.03.